The van der Waals surface area contributed by atoms with Crippen LogP contribution >= 0.6 is 23.6 Å². The summed E-state index contributed by atoms with van der Waals surface area (Å²) in [6.45, 7) is 3.81. The number of nitrogens with zero attached hydrogens (tertiary/aromatic N) is 1. The fourth-order valence-corrected chi connectivity index (χ4v) is 4.06. The van der Waals surface area contributed by atoms with Gasteiger partial charge in [-0.3, -0.25) is 0 Å². The van der Waals surface area contributed by atoms with Crippen LogP contribution in [0.3, 0.4) is 0 Å². The summed E-state index contributed by atoms with van der Waals surface area (Å²) in [5, 5.41) is 6.38. The predicted octanol–water partition coefficient (Wildman–Crippen LogP) is 5.26. The van der Waals surface area contributed by atoms with Crippen molar-refractivity contribution in [3.63, 3.8) is 0 Å². The van der Waals surface area contributed by atoms with Crippen molar-refractivity contribution in [3.8, 4) is 0 Å². The number of thiocarbonyl (C=S) groups is 1. The zero-order valence-corrected chi connectivity index (χ0v) is 16.6. The zero-order chi connectivity index (χ0) is 18.2. The van der Waals surface area contributed by atoms with Crippen molar-refractivity contribution < 1.29 is 0 Å². The Bertz CT molecular complexity index is 786. The lowest BCUT2D eigenvalue weighted by Gasteiger charge is -2.32. The molecule has 1 N–H and O–H groups in total. The fraction of sp³-hybridized carbons (Fsp3) is 0.227. The Morgan fingerprint density at radius 3 is 2.23 bits per heavy atom. The van der Waals surface area contributed by atoms with Crippen LogP contribution in [0, 0.1) is 0 Å². The first kappa shape index (κ1) is 18.6. The van der Waals surface area contributed by atoms with Crippen LogP contribution in [0.1, 0.15) is 22.9 Å². The molecule has 1 atom stereocenters. The summed E-state index contributed by atoms with van der Waals surface area (Å²) in [6, 6.07) is 25.5. The molecular formula is C22H24N2S2. The van der Waals surface area contributed by atoms with E-state index in [4.69, 9.17) is 12.2 Å². The zero-order valence-electron chi connectivity index (χ0n) is 15.0. The Kier molecular flexibility index (Phi) is 6.81. The Balaban J connectivity index is 1.69. The molecule has 0 fully saturated rings. The third kappa shape index (κ3) is 5.41. The van der Waals surface area contributed by atoms with E-state index < -0.39 is 0 Å². The molecule has 1 aromatic heterocycles. The molecule has 0 unspecified atom stereocenters. The summed E-state index contributed by atoms with van der Waals surface area (Å²) in [5.41, 5.74) is 2.51. The molecule has 4 heteroatoms. The van der Waals surface area contributed by atoms with Crippen LogP contribution in [0.2, 0.25) is 0 Å². The highest BCUT2D eigenvalue weighted by Gasteiger charge is 2.18. The van der Waals surface area contributed by atoms with Gasteiger partial charge in [-0.2, -0.15) is 0 Å². The van der Waals surface area contributed by atoms with Crippen molar-refractivity contribution in [3.05, 3.63) is 94.2 Å². The second-order valence-corrected chi connectivity index (χ2v) is 7.81. The van der Waals surface area contributed by atoms with Gasteiger partial charge in [-0.05, 0) is 41.7 Å². The molecule has 2 nitrogen and oxygen atoms in total. The normalized spacial score (nSPS) is 11.7. The Labute approximate surface area is 165 Å². The van der Waals surface area contributed by atoms with Crippen molar-refractivity contribution >= 4 is 28.7 Å². The van der Waals surface area contributed by atoms with Crippen molar-refractivity contribution in [2.45, 2.75) is 32.5 Å². The number of thiophene rings is 1. The van der Waals surface area contributed by atoms with E-state index in [1.54, 1.807) is 11.3 Å². The highest BCUT2D eigenvalue weighted by atomic mass is 32.1. The van der Waals surface area contributed by atoms with Crippen LogP contribution in [0.4, 0.5) is 0 Å². The van der Waals surface area contributed by atoms with E-state index in [9.17, 15) is 0 Å². The van der Waals surface area contributed by atoms with Gasteiger partial charge in [0.25, 0.3) is 0 Å². The van der Waals surface area contributed by atoms with E-state index in [1.165, 1.54) is 16.0 Å². The molecule has 26 heavy (non-hydrogen) atoms. The van der Waals surface area contributed by atoms with Gasteiger partial charge in [-0.1, -0.05) is 66.7 Å². The maximum Gasteiger partial charge on any atom is 0.169 e. The van der Waals surface area contributed by atoms with Gasteiger partial charge in [0.05, 0.1) is 0 Å². The maximum atomic E-state index is 5.76. The summed E-state index contributed by atoms with van der Waals surface area (Å²) in [5.74, 6) is 0. The number of benzene rings is 2. The van der Waals surface area contributed by atoms with Crippen molar-refractivity contribution in [1.82, 2.24) is 10.2 Å². The van der Waals surface area contributed by atoms with E-state index in [-0.39, 0.29) is 0 Å². The lowest BCUT2D eigenvalue weighted by atomic mass is 10.1. The molecule has 3 rings (SSSR count). The smallest absolute Gasteiger partial charge is 0.169 e. The van der Waals surface area contributed by atoms with Crippen LogP contribution in [0.15, 0.2) is 78.2 Å². The molecule has 134 valence electrons. The first-order chi connectivity index (χ1) is 12.7. The quantitative estimate of drug-likeness (QED) is 0.563. The molecule has 0 aliphatic rings. The number of hydrogen-bond donors (Lipinski definition) is 1. The van der Waals surface area contributed by atoms with Crippen LogP contribution in [-0.2, 0) is 19.5 Å². The largest absolute Gasteiger partial charge is 0.358 e. The highest BCUT2D eigenvalue weighted by Crippen LogP contribution is 2.17. The number of hydrogen-bond acceptors (Lipinski definition) is 2. The summed E-state index contributed by atoms with van der Waals surface area (Å²) in [4.78, 5) is 3.69. The Morgan fingerprint density at radius 2 is 1.62 bits per heavy atom. The van der Waals surface area contributed by atoms with E-state index in [0.717, 1.165) is 24.6 Å². The summed E-state index contributed by atoms with van der Waals surface area (Å²) < 4.78 is 0. The molecule has 0 spiro atoms. The van der Waals surface area contributed by atoms with Gasteiger partial charge in [-0.25, -0.2) is 0 Å². The first-order valence-corrected chi connectivity index (χ1v) is 10.2. The molecule has 2 aromatic carbocycles. The van der Waals surface area contributed by atoms with Gasteiger partial charge in [0, 0.05) is 30.4 Å². The van der Waals surface area contributed by atoms with Crippen molar-refractivity contribution in [1.29, 1.82) is 0 Å². The summed E-state index contributed by atoms with van der Waals surface area (Å²) in [7, 11) is 0. The molecule has 3 aromatic rings. The minimum atomic E-state index is 0.324. The van der Waals surface area contributed by atoms with Gasteiger partial charge < -0.3 is 10.2 Å². The Hall–Kier alpha value is -2.17. The van der Waals surface area contributed by atoms with Crippen molar-refractivity contribution in [2.24, 2.45) is 0 Å². The number of nitrogens with one attached hydrogen (secondary N) is 1. The van der Waals surface area contributed by atoms with Crippen LogP contribution in [0.5, 0.6) is 0 Å². The molecule has 1 heterocycles. The van der Waals surface area contributed by atoms with E-state index in [2.05, 4.69) is 89.3 Å². The second kappa shape index (κ2) is 9.51. The van der Waals surface area contributed by atoms with Gasteiger partial charge in [0.1, 0.15) is 0 Å². The Morgan fingerprint density at radius 1 is 0.962 bits per heavy atom. The van der Waals surface area contributed by atoms with Crippen LogP contribution in [0.25, 0.3) is 0 Å². The fourth-order valence-electron chi connectivity index (χ4n) is 2.91. The van der Waals surface area contributed by atoms with E-state index in [0.29, 0.717) is 6.04 Å². The minimum Gasteiger partial charge on any atom is -0.358 e. The molecule has 0 radical (unpaired) electrons. The van der Waals surface area contributed by atoms with Gasteiger partial charge in [0.15, 0.2) is 5.11 Å². The SMILES string of the molecule is C[C@@H](Cc1cccs1)N(Cc1ccccc1)C(=S)NCc1ccccc1. The molecule has 0 bridgehead atoms. The lowest BCUT2D eigenvalue weighted by Crippen LogP contribution is -2.44. The molecule has 0 aliphatic heterocycles. The maximum absolute atomic E-state index is 5.76. The molecule has 0 amide bonds. The second-order valence-electron chi connectivity index (χ2n) is 6.39. The molecule has 0 saturated carbocycles. The van der Waals surface area contributed by atoms with Gasteiger partial charge >= 0.3 is 0 Å². The van der Waals surface area contributed by atoms with Crippen LogP contribution < -0.4 is 5.32 Å². The minimum absolute atomic E-state index is 0.324. The van der Waals surface area contributed by atoms with Gasteiger partial charge in [-0.15, -0.1) is 11.3 Å². The number of rotatable bonds is 7. The van der Waals surface area contributed by atoms with E-state index in [1.807, 2.05) is 6.07 Å². The van der Waals surface area contributed by atoms with Crippen molar-refractivity contribution in [2.75, 3.05) is 0 Å². The average Bonchev–Trinajstić information content (AvgIpc) is 3.19. The summed E-state index contributed by atoms with van der Waals surface area (Å²) >= 11 is 7.57. The average molecular weight is 381 g/mol. The molecule has 0 aliphatic carbocycles. The molecular weight excluding hydrogens is 356 g/mol. The third-order valence-electron chi connectivity index (χ3n) is 4.35. The highest BCUT2D eigenvalue weighted by molar-refractivity contribution is 7.80. The summed E-state index contributed by atoms with van der Waals surface area (Å²) in [6.07, 6.45) is 0.998. The third-order valence-corrected chi connectivity index (χ3v) is 5.63. The predicted molar refractivity (Wildman–Crippen MR) is 115 cm³/mol. The molecule has 0 saturated heterocycles. The van der Waals surface area contributed by atoms with Crippen LogP contribution in [-0.4, -0.2) is 16.1 Å². The monoisotopic (exact) mass is 380 g/mol. The first-order valence-electron chi connectivity index (χ1n) is 8.87. The topological polar surface area (TPSA) is 15.3 Å². The standard InChI is InChI=1S/C22H24N2S2/c1-18(15-21-13-8-14-26-21)24(17-20-11-6-3-7-12-20)22(25)23-16-19-9-4-2-5-10-19/h2-14,18H,15-17H2,1H3,(H,23,25)/t18-/m0/s1. The lowest BCUT2D eigenvalue weighted by molar-refractivity contribution is 0.317. The van der Waals surface area contributed by atoms with Gasteiger partial charge in [0.2, 0.25) is 0 Å². The van der Waals surface area contributed by atoms with E-state index >= 15 is 0 Å².